The Morgan fingerprint density at radius 3 is 2.44 bits per heavy atom. The molecule has 0 atom stereocenters. The minimum Gasteiger partial charge on any atom is -0.357 e. The number of nitrogens with one attached hydrogen (secondary N) is 1. The molecule has 0 radical (unpaired) electrons. The lowest BCUT2D eigenvalue weighted by Crippen LogP contribution is -2.35. The Bertz CT molecular complexity index is 358. The molecule has 2 heterocycles. The van der Waals surface area contributed by atoms with Crippen LogP contribution < -0.4 is 10.2 Å². The minimum atomic E-state index is 0.158. The Kier molecular flexibility index (Phi) is 4.23. The number of anilines is 1. The van der Waals surface area contributed by atoms with Gasteiger partial charge in [0.15, 0.2) is 0 Å². The van der Waals surface area contributed by atoms with E-state index in [4.69, 9.17) is 0 Å². The second-order valence-electron chi connectivity index (χ2n) is 6.18. The van der Waals surface area contributed by atoms with Gasteiger partial charge in [-0.2, -0.15) is 0 Å². The molecular weight excluding hydrogens is 222 g/mol. The van der Waals surface area contributed by atoms with Gasteiger partial charge >= 0.3 is 0 Å². The molecule has 1 aromatic heterocycles. The highest BCUT2D eigenvalue weighted by molar-refractivity contribution is 5.39. The van der Waals surface area contributed by atoms with Gasteiger partial charge in [-0.1, -0.05) is 6.07 Å². The summed E-state index contributed by atoms with van der Waals surface area (Å²) >= 11 is 0. The molecule has 1 fully saturated rings. The van der Waals surface area contributed by atoms with Crippen LogP contribution in [0.1, 0.15) is 45.6 Å². The SMILES string of the molecule is CC(C)(C)NCc1ccc(N2CCCCC2)nc1. The Hall–Kier alpha value is -1.09. The zero-order valence-corrected chi connectivity index (χ0v) is 11.9. The quantitative estimate of drug-likeness (QED) is 0.890. The van der Waals surface area contributed by atoms with E-state index in [1.807, 2.05) is 6.20 Å². The van der Waals surface area contributed by atoms with E-state index < -0.39 is 0 Å². The Labute approximate surface area is 111 Å². The Balaban J connectivity index is 1.92. The van der Waals surface area contributed by atoms with Crippen molar-refractivity contribution in [3.8, 4) is 0 Å². The predicted molar refractivity (Wildman–Crippen MR) is 76.9 cm³/mol. The zero-order chi connectivity index (χ0) is 13.0. The van der Waals surface area contributed by atoms with Crippen molar-refractivity contribution in [1.29, 1.82) is 0 Å². The molecule has 0 aliphatic carbocycles. The van der Waals surface area contributed by atoms with Gasteiger partial charge in [0.25, 0.3) is 0 Å². The smallest absolute Gasteiger partial charge is 0.128 e. The third-order valence-corrected chi connectivity index (χ3v) is 3.31. The third kappa shape index (κ3) is 3.98. The van der Waals surface area contributed by atoms with Crippen molar-refractivity contribution < 1.29 is 0 Å². The molecule has 0 aromatic carbocycles. The molecular formula is C15H25N3. The summed E-state index contributed by atoms with van der Waals surface area (Å²) in [7, 11) is 0. The standard InChI is InChI=1S/C15H25N3/c1-15(2,3)17-12-13-7-8-14(16-11-13)18-9-5-4-6-10-18/h7-8,11,17H,4-6,9-10,12H2,1-3H3. The van der Waals surface area contributed by atoms with Crippen LogP contribution in [-0.4, -0.2) is 23.6 Å². The summed E-state index contributed by atoms with van der Waals surface area (Å²) < 4.78 is 0. The van der Waals surface area contributed by atoms with Gasteiger partial charge in [-0.05, 0) is 51.7 Å². The maximum atomic E-state index is 4.59. The lowest BCUT2D eigenvalue weighted by atomic mass is 10.1. The number of hydrogen-bond donors (Lipinski definition) is 1. The highest BCUT2D eigenvalue weighted by atomic mass is 15.2. The van der Waals surface area contributed by atoms with E-state index in [2.05, 4.69) is 48.1 Å². The molecule has 0 saturated carbocycles. The molecule has 100 valence electrons. The van der Waals surface area contributed by atoms with Crippen LogP contribution >= 0.6 is 0 Å². The first-order chi connectivity index (χ1) is 8.54. The molecule has 1 aromatic rings. The minimum absolute atomic E-state index is 0.158. The second-order valence-corrected chi connectivity index (χ2v) is 6.18. The molecule has 0 spiro atoms. The van der Waals surface area contributed by atoms with Gasteiger partial charge in [-0.3, -0.25) is 0 Å². The number of piperidine rings is 1. The van der Waals surface area contributed by atoms with E-state index >= 15 is 0 Å². The molecule has 1 N–H and O–H groups in total. The lowest BCUT2D eigenvalue weighted by Gasteiger charge is -2.27. The number of pyridine rings is 1. The first-order valence-corrected chi connectivity index (χ1v) is 6.99. The average molecular weight is 247 g/mol. The normalized spacial score (nSPS) is 16.9. The Morgan fingerprint density at radius 2 is 1.89 bits per heavy atom. The van der Waals surface area contributed by atoms with Gasteiger partial charge in [0.2, 0.25) is 0 Å². The van der Waals surface area contributed by atoms with Gasteiger partial charge < -0.3 is 10.2 Å². The third-order valence-electron chi connectivity index (χ3n) is 3.31. The number of nitrogens with zero attached hydrogens (tertiary/aromatic N) is 2. The van der Waals surface area contributed by atoms with Crippen LogP contribution in [0.25, 0.3) is 0 Å². The van der Waals surface area contributed by atoms with Crippen molar-refractivity contribution in [2.75, 3.05) is 18.0 Å². The monoisotopic (exact) mass is 247 g/mol. The van der Waals surface area contributed by atoms with Gasteiger partial charge in [-0.15, -0.1) is 0 Å². The largest absolute Gasteiger partial charge is 0.357 e. The number of hydrogen-bond acceptors (Lipinski definition) is 3. The zero-order valence-electron chi connectivity index (χ0n) is 11.9. The van der Waals surface area contributed by atoms with E-state index in [0.717, 1.165) is 25.5 Å². The van der Waals surface area contributed by atoms with Gasteiger partial charge in [-0.25, -0.2) is 4.98 Å². The molecule has 0 unspecified atom stereocenters. The summed E-state index contributed by atoms with van der Waals surface area (Å²) in [4.78, 5) is 6.98. The summed E-state index contributed by atoms with van der Waals surface area (Å²) in [5.41, 5.74) is 1.41. The fourth-order valence-corrected chi connectivity index (χ4v) is 2.20. The van der Waals surface area contributed by atoms with Crippen LogP contribution in [0.5, 0.6) is 0 Å². The predicted octanol–water partition coefficient (Wildman–Crippen LogP) is 2.96. The van der Waals surface area contributed by atoms with Crippen LogP contribution in [0.3, 0.4) is 0 Å². The van der Waals surface area contributed by atoms with E-state index in [9.17, 15) is 0 Å². The maximum Gasteiger partial charge on any atom is 0.128 e. The molecule has 3 heteroatoms. The highest BCUT2D eigenvalue weighted by Crippen LogP contribution is 2.17. The molecule has 1 aliphatic heterocycles. The molecule has 18 heavy (non-hydrogen) atoms. The average Bonchev–Trinajstić information content (AvgIpc) is 2.37. The van der Waals surface area contributed by atoms with E-state index in [0.29, 0.717) is 0 Å². The lowest BCUT2D eigenvalue weighted by molar-refractivity contribution is 0.424. The molecule has 3 nitrogen and oxygen atoms in total. The van der Waals surface area contributed by atoms with Crippen LogP contribution in [0, 0.1) is 0 Å². The fourth-order valence-electron chi connectivity index (χ4n) is 2.20. The van der Waals surface area contributed by atoms with E-state index in [1.165, 1.54) is 24.8 Å². The maximum absolute atomic E-state index is 4.59. The van der Waals surface area contributed by atoms with Crippen LogP contribution in [0.15, 0.2) is 18.3 Å². The van der Waals surface area contributed by atoms with Crippen molar-refractivity contribution in [3.63, 3.8) is 0 Å². The molecule has 2 rings (SSSR count). The van der Waals surface area contributed by atoms with Crippen molar-refractivity contribution in [1.82, 2.24) is 10.3 Å². The fraction of sp³-hybridized carbons (Fsp3) is 0.667. The summed E-state index contributed by atoms with van der Waals surface area (Å²) in [6, 6.07) is 4.35. The van der Waals surface area contributed by atoms with Gasteiger partial charge in [0.05, 0.1) is 0 Å². The van der Waals surface area contributed by atoms with Gasteiger partial charge in [0, 0.05) is 31.4 Å². The summed E-state index contributed by atoms with van der Waals surface area (Å²) in [6.45, 7) is 9.75. The number of aromatic nitrogens is 1. The molecule has 1 aliphatic rings. The van der Waals surface area contributed by atoms with Crippen molar-refractivity contribution >= 4 is 5.82 Å². The van der Waals surface area contributed by atoms with Crippen LogP contribution in [0.4, 0.5) is 5.82 Å². The first-order valence-electron chi connectivity index (χ1n) is 6.99. The van der Waals surface area contributed by atoms with Crippen LogP contribution in [-0.2, 0) is 6.54 Å². The molecule has 0 bridgehead atoms. The van der Waals surface area contributed by atoms with Crippen molar-refractivity contribution in [3.05, 3.63) is 23.9 Å². The van der Waals surface area contributed by atoms with Gasteiger partial charge in [0.1, 0.15) is 5.82 Å². The molecule has 1 saturated heterocycles. The van der Waals surface area contributed by atoms with Crippen LogP contribution in [0.2, 0.25) is 0 Å². The van der Waals surface area contributed by atoms with E-state index in [1.54, 1.807) is 0 Å². The summed E-state index contributed by atoms with van der Waals surface area (Å²) in [5, 5.41) is 3.48. The highest BCUT2D eigenvalue weighted by Gasteiger charge is 2.12. The first kappa shape index (κ1) is 13.3. The second kappa shape index (κ2) is 5.70. The summed E-state index contributed by atoms with van der Waals surface area (Å²) in [5.74, 6) is 1.13. The van der Waals surface area contributed by atoms with Crippen molar-refractivity contribution in [2.45, 2.75) is 52.1 Å². The van der Waals surface area contributed by atoms with E-state index in [-0.39, 0.29) is 5.54 Å². The topological polar surface area (TPSA) is 28.2 Å². The number of rotatable bonds is 3. The molecule has 0 amide bonds. The Morgan fingerprint density at radius 1 is 1.17 bits per heavy atom. The van der Waals surface area contributed by atoms with Crippen molar-refractivity contribution in [2.24, 2.45) is 0 Å². The summed E-state index contributed by atoms with van der Waals surface area (Å²) in [6.07, 6.45) is 5.97.